The molecule has 2 heterocycles. The molecular formula is C25H25N5O2S. The number of para-hydroxylation sites is 1. The Hall–Kier alpha value is -3.65. The molecule has 3 aromatic rings. The highest BCUT2D eigenvalue weighted by Crippen LogP contribution is 2.29. The fourth-order valence-electron chi connectivity index (χ4n) is 3.58. The highest BCUT2D eigenvalue weighted by Gasteiger charge is 2.32. The maximum atomic E-state index is 13.3. The molecule has 1 aromatic heterocycles. The van der Waals surface area contributed by atoms with Crippen molar-refractivity contribution < 1.29 is 9.59 Å². The smallest absolute Gasteiger partial charge is 0.283 e. The highest BCUT2D eigenvalue weighted by molar-refractivity contribution is 8.14. The molecule has 0 bridgehead atoms. The zero-order valence-corrected chi connectivity index (χ0v) is 19.8. The molecule has 2 aromatic carbocycles. The van der Waals surface area contributed by atoms with Crippen LogP contribution in [0.2, 0.25) is 0 Å². The zero-order chi connectivity index (χ0) is 23.5. The van der Waals surface area contributed by atoms with Crippen molar-refractivity contribution in [3.8, 4) is 0 Å². The molecule has 1 aliphatic heterocycles. The van der Waals surface area contributed by atoms with E-state index in [1.54, 1.807) is 15.7 Å². The van der Waals surface area contributed by atoms with Gasteiger partial charge >= 0.3 is 0 Å². The van der Waals surface area contributed by atoms with E-state index in [1.807, 2.05) is 82.5 Å². The number of benzene rings is 2. The minimum atomic E-state index is -0.234. The van der Waals surface area contributed by atoms with Crippen molar-refractivity contribution in [1.82, 2.24) is 9.78 Å². The van der Waals surface area contributed by atoms with Gasteiger partial charge in [-0.05, 0) is 50.6 Å². The Bertz CT molecular complexity index is 1280. The van der Waals surface area contributed by atoms with Crippen molar-refractivity contribution in [1.29, 1.82) is 0 Å². The number of rotatable bonds is 5. The molecule has 0 spiro atoms. The van der Waals surface area contributed by atoms with E-state index in [4.69, 9.17) is 0 Å². The molecule has 7 nitrogen and oxygen atoms in total. The molecule has 0 atom stereocenters. The van der Waals surface area contributed by atoms with E-state index >= 15 is 0 Å². The van der Waals surface area contributed by atoms with Crippen molar-refractivity contribution in [3.63, 3.8) is 0 Å². The van der Waals surface area contributed by atoms with Gasteiger partial charge in [0.15, 0.2) is 5.17 Å². The van der Waals surface area contributed by atoms with E-state index in [0.717, 1.165) is 28.1 Å². The standard InChI is InChI=1S/C25H25N5O2S/c1-16-10-11-21(17(2)12-16)26-23(31)15-33-25-27-22(13-19-14-29(4)28-18(19)3)24(32)30(25)20-8-6-5-7-9-20/h5-14H,15H2,1-4H3,(H,26,31)/b22-13+. The van der Waals surface area contributed by atoms with E-state index in [-0.39, 0.29) is 17.6 Å². The lowest BCUT2D eigenvalue weighted by atomic mass is 10.1. The first-order valence-corrected chi connectivity index (χ1v) is 11.5. The molecule has 0 fully saturated rings. The van der Waals surface area contributed by atoms with E-state index in [9.17, 15) is 9.59 Å². The van der Waals surface area contributed by atoms with Crippen LogP contribution >= 0.6 is 11.8 Å². The Balaban J connectivity index is 1.56. The van der Waals surface area contributed by atoms with E-state index < -0.39 is 0 Å². The van der Waals surface area contributed by atoms with Crippen molar-refractivity contribution in [3.05, 3.63) is 82.8 Å². The van der Waals surface area contributed by atoms with Gasteiger partial charge in [0, 0.05) is 24.5 Å². The summed E-state index contributed by atoms with van der Waals surface area (Å²) in [6.07, 6.45) is 3.59. The van der Waals surface area contributed by atoms with Crippen LogP contribution in [0.4, 0.5) is 11.4 Å². The number of carbonyl (C=O) groups is 2. The van der Waals surface area contributed by atoms with Crippen molar-refractivity contribution in [2.75, 3.05) is 16.0 Å². The van der Waals surface area contributed by atoms with Gasteiger partial charge in [-0.2, -0.15) is 5.10 Å². The molecule has 1 aliphatic rings. The molecule has 1 N–H and O–H groups in total. The second-order valence-electron chi connectivity index (χ2n) is 7.90. The Morgan fingerprint density at radius 3 is 2.55 bits per heavy atom. The zero-order valence-electron chi connectivity index (χ0n) is 19.0. The minimum Gasteiger partial charge on any atom is -0.325 e. The summed E-state index contributed by atoms with van der Waals surface area (Å²) < 4.78 is 1.70. The molecule has 0 unspecified atom stereocenters. The van der Waals surface area contributed by atoms with E-state index in [1.165, 1.54) is 11.8 Å². The summed E-state index contributed by atoms with van der Waals surface area (Å²) in [6.45, 7) is 5.86. The van der Waals surface area contributed by atoms with Gasteiger partial charge in [-0.3, -0.25) is 19.2 Å². The Morgan fingerprint density at radius 2 is 1.88 bits per heavy atom. The summed E-state index contributed by atoms with van der Waals surface area (Å²) in [6, 6.07) is 15.2. The topological polar surface area (TPSA) is 79.6 Å². The number of aromatic nitrogens is 2. The lowest BCUT2D eigenvalue weighted by Gasteiger charge is -2.17. The van der Waals surface area contributed by atoms with Crippen molar-refractivity contribution >= 4 is 46.2 Å². The Labute approximate surface area is 197 Å². The first kappa shape index (κ1) is 22.5. The third-order valence-corrected chi connectivity index (χ3v) is 6.11. The average molecular weight is 460 g/mol. The molecule has 33 heavy (non-hydrogen) atoms. The number of nitrogens with zero attached hydrogens (tertiary/aromatic N) is 4. The minimum absolute atomic E-state index is 0.127. The second-order valence-corrected chi connectivity index (χ2v) is 8.84. The summed E-state index contributed by atoms with van der Waals surface area (Å²) in [5.74, 6) is -0.264. The maximum absolute atomic E-state index is 13.3. The molecule has 0 saturated carbocycles. The summed E-state index contributed by atoms with van der Waals surface area (Å²) in [5.41, 5.74) is 5.58. The fraction of sp³-hybridized carbons (Fsp3) is 0.200. The lowest BCUT2D eigenvalue weighted by Crippen LogP contribution is -2.31. The lowest BCUT2D eigenvalue weighted by molar-refractivity contribution is -0.114. The summed E-state index contributed by atoms with van der Waals surface area (Å²) in [7, 11) is 1.83. The highest BCUT2D eigenvalue weighted by atomic mass is 32.2. The molecule has 2 amide bonds. The van der Waals surface area contributed by atoms with Gasteiger partial charge in [0.05, 0.1) is 17.1 Å². The van der Waals surface area contributed by atoms with Crippen LogP contribution in [0, 0.1) is 20.8 Å². The molecule has 168 valence electrons. The number of amidine groups is 1. The van der Waals surface area contributed by atoms with Gasteiger partial charge in [0.1, 0.15) is 5.70 Å². The molecule has 0 aliphatic carbocycles. The van der Waals surface area contributed by atoms with Crippen LogP contribution in [0.5, 0.6) is 0 Å². The van der Waals surface area contributed by atoms with Crippen LogP contribution in [-0.2, 0) is 16.6 Å². The number of nitrogens with one attached hydrogen (secondary N) is 1. The quantitative estimate of drug-likeness (QED) is 0.572. The molecule has 8 heteroatoms. The maximum Gasteiger partial charge on any atom is 0.283 e. The summed E-state index contributed by atoms with van der Waals surface area (Å²) in [4.78, 5) is 32.0. The molecule has 0 saturated heterocycles. The Morgan fingerprint density at radius 1 is 1.12 bits per heavy atom. The van der Waals surface area contributed by atoms with Gasteiger partial charge in [-0.25, -0.2) is 4.99 Å². The number of aliphatic imine (C=N–C) groups is 1. The summed E-state index contributed by atoms with van der Waals surface area (Å²) in [5, 5.41) is 7.74. The average Bonchev–Trinajstić information content (AvgIpc) is 3.27. The second kappa shape index (κ2) is 9.46. The van der Waals surface area contributed by atoms with Gasteiger partial charge < -0.3 is 5.32 Å². The number of carbonyl (C=O) groups excluding carboxylic acids is 2. The van der Waals surface area contributed by atoms with Crippen LogP contribution in [0.1, 0.15) is 22.4 Å². The van der Waals surface area contributed by atoms with E-state index in [2.05, 4.69) is 15.4 Å². The number of amides is 2. The predicted octanol–water partition coefficient (Wildman–Crippen LogP) is 4.46. The number of thioether (sulfide) groups is 1. The number of anilines is 2. The fourth-order valence-corrected chi connectivity index (χ4v) is 4.39. The monoisotopic (exact) mass is 459 g/mol. The van der Waals surface area contributed by atoms with Crippen LogP contribution < -0.4 is 10.2 Å². The number of hydrogen-bond donors (Lipinski definition) is 1. The van der Waals surface area contributed by atoms with Crippen molar-refractivity contribution in [2.45, 2.75) is 20.8 Å². The van der Waals surface area contributed by atoms with Gasteiger partial charge in [-0.1, -0.05) is 47.7 Å². The molecule has 4 rings (SSSR count). The van der Waals surface area contributed by atoms with E-state index in [0.29, 0.717) is 16.6 Å². The predicted molar refractivity (Wildman–Crippen MR) is 134 cm³/mol. The number of aryl methyl sites for hydroxylation is 4. The molecule has 0 radical (unpaired) electrons. The van der Waals surface area contributed by atoms with Gasteiger partial charge in [0.2, 0.25) is 5.91 Å². The largest absolute Gasteiger partial charge is 0.325 e. The van der Waals surface area contributed by atoms with Crippen LogP contribution in [-0.4, -0.2) is 32.5 Å². The third kappa shape index (κ3) is 5.06. The SMILES string of the molecule is Cc1ccc(NC(=O)CSC2=N/C(=C/c3cn(C)nc3C)C(=O)N2c2ccccc2)c(C)c1. The van der Waals surface area contributed by atoms with Crippen LogP contribution in [0.15, 0.2) is 65.4 Å². The van der Waals surface area contributed by atoms with Crippen molar-refractivity contribution in [2.24, 2.45) is 12.0 Å². The molecular weight excluding hydrogens is 434 g/mol. The first-order chi connectivity index (χ1) is 15.8. The normalized spacial score (nSPS) is 14.7. The van der Waals surface area contributed by atoms with Crippen LogP contribution in [0.3, 0.4) is 0 Å². The first-order valence-electron chi connectivity index (χ1n) is 10.5. The summed E-state index contributed by atoms with van der Waals surface area (Å²) >= 11 is 1.23. The Kier molecular flexibility index (Phi) is 6.46. The van der Waals surface area contributed by atoms with Crippen LogP contribution in [0.25, 0.3) is 6.08 Å². The third-order valence-electron chi connectivity index (χ3n) is 5.18. The number of hydrogen-bond acceptors (Lipinski definition) is 5. The van der Waals surface area contributed by atoms with Gasteiger partial charge in [-0.15, -0.1) is 0 Å². The van der Waals surface area contributed by atoms with Gasteiger partial charge in [0.25, 0.3) is 5.91 Å².